The lowest BCUT2D eigenvalue weighted by molar-refractivity contribution is -0.117. The van der Waals surface area contributed by atoms with Gasteiger partial charge < -0.3 is 20.9 Å². The van der Waals surface area contributed by atoms with Crippen molar-refractivity contribution < 1.29 is 23.2 Å². The molecule has 3 heterocycles. The first-order valence-corrected chi connectivity index (χ1v) is 10.7. The standard InChI is InChI=1S/C20H16ClF2N5O3S/c21-15-14(18(30)27-9-3-4-11(22)12(23)6-9)13-2-1-5-28(13)16(15)17(29)19(31)25-7-10-8-26-20(24)32-10/h3-4,6,8H,1-2,5,7H2,(H2,24,26)(H,25,31)(H,27,30). The SMILES string of the molecule is Nc1ncc(CNC(=O)C(=O)c2c(Cl)c(C(=O)Nc3ccc(F)c(F)c3)c3n2CCC3)s1. The minimum Gasteiger partial charge on any atom is -0.375 e. The number of thiazole rings is 1. The summed E-state index contributed by atoms with van der Waals surface area (Å²) in [6.07, 6.45) is 2.61. The van der Waals surface area contributed by atoms with Crippen LogP contribution in [0.25, 0.3) is 0 Å². The summed E-state index contributed by atoms with van der Waals surface area (Å²) >= 11 is 7.56. The van der Waals surface area contributed by atoms with Crippen LogP contribution in [0.4, 0.5) is 19.6 Å². The molecule has 12 heteroatoms. The molecule has 1 aliphatic heterocycles. The van der Waals surface area contributed by atoms with Crippen LogP contribution in [0.3, 0.4) is 0 Å². The Hall–Kier alpha value is -3.31. The predicted molar refractivity (Wildman–Crippen MR) is 115 cm³/mol. The van der Waals surface area contributed by atoms with Gasteiger partial charge in [-0.3, -0.25) is 14.4 Å². The molecule has 2 aromatic heterocycles. The predicted octanol–water partition coefficient (Wildman–Crippen LogP) is 3.16. The van der Waals surface area contributed by atoms with Gasteiger partial charge in [-0.05, 0) is 25.0 Å². The van der Waals surface area contributed by atoms with E-state index in [4.69, 9.17) is 17.3 Å². The van der Waals surface area contributed by atoms with Crippen molar-refractivity contribution in [1.29, 1.82) is 0 Å². The first kappa shape index (κ1) is 21.9. The van der Waals surface area contributed by atoms with E-state index in [-0.39, 0.29) is 28.5 Å². The van der Waals surface area contributed by atoms with E-state index in [1.165, 1.54) is 23.6 Å². The normalized spacial score (nSPS) is 12.5. The Morgan fingerprint density at radius 1 is 1.25 bits per heavy atom. The summed E-state index contributed by atoms with van der Waals surface area (Å²) in [5.41, 5.74) is 6.02. The molecule has 3 aromatic rings. The van der Waals surface area contributed by atoms with Gasteiger partial charge in [-0.2, -0.15) is 0 Å². The van der Waals surface area contributed by atoms with Gasteiger partial charge in [0.1, 0.15) is 5.69 Å². The van der Waals surface area contributed by atoms with E-state index in [9.17, 15) is 23.2 Å². The van der Waals surface area contributed by atoms with Gasteiger partial charge in [0.15, 0.2) is 16.8 Å². The number of carbonyl (C=O) groups is 3. The Balaban J connectivity index is 1.58. The van der Waals surface area contributed by atoms with Crippen molar-refractivity contribution in [3.8, 4) is 0 Å². The lowest BCUT2D eigenvalue weighted by Gasteiger charge is -2.07. The van der Waals surface area contributed by atoms with Gasteiger partial charge in [0, 0.05) is 35.1 Å². The van der Waals surface area contributed by atoms with E-state index in [0.717, 1.165) is 12.1 Å². The fraction of sp³-hybridized carbons (Fsp3) is 0.200. The number of nitrogens with one attached hydrogen (secondary N) is 2. The zero-order chi connectivity index (χ0) is 23.0. The largest absolute Gasteiger partial charge is 0.375 e. The maximum Gasteiger partial charge on any atom is 0.294 e. The summed E-state index contributed by atoms with van der Waals surface area (Å²) in [6.45, 7) is 0.474. The van der Waals surface area contributed by atoms with Crippen LogP contribution in [0, 0.1) is 11.6 Å². The Morgan fingerprint density at radius 3 is 2.72 bits per heavy atom. The van der Waals surface area contributed by atoms with Crippen LogP contribution in [0.15, 0.2) is 24.4 Å². The first-order chi connectivity index (χ1) is 15.3. The van der Waals surface area contributed by atoms with E-state index < -0.39 is 29.2 Å². The summed E-state index contributed by atoms with van der Waals surface area (Å²) in [4.78, 5) is 42.7. The second-order valence-corrected chi connectivity index (χ2v) is 8.52. The third kappa shape index (κ3) is 4.08. The molecule has 166 valence electrons. The van der Waals surface area contributed by atoms with E-state index in [2.05, 4.69) is 15.6 Å². The van der Waals surface area contributed by atoms with E-state index >= 15 is 0 Å². The molecule has 0 fully saturated rings. The number of rotatable bonds is 6. The average molecular weight is 480 g/mol. The highest BCUT2D eigenvalue weighted by molar-refractivity contribution is 7.15. The minimum absolute atomic E-state index is 0.0253. The number of carbonyl (C=O) groups excluding carboxylic acids is 3. The highest BCUT2D eigenvalue weighted by Gasteiger charge is 2.34. The number of hydrogen-bond acceptors (Lipinski definition) is 6. The molecular formula is C20H16ClF2N5O3S. The summed E-state index contributed by atoms with van der Waals surface area (Å²) in [5, 5.41) is 5.12. The van der Waals surface area contributed by atoms with Gasteiger partial charge in [0.05, 0.1) is 17.1 Å². The van der Waals surface area contributed by atoms with Crippen molar-refractivity contribution in [2.45, 2.75) is 25.9 Å². The minimum atomic E-state index is -1.12. The van der Waals surface area contributed by atoms with Gasteiger partial charge in [-0.15, -0.1) is 11.3 Å². The molecule has 4 rings (SSSR count). The third-order valence-corrected chi connectivity index (χ3v) is 6.12. The van der Waals surface area contributed by atoms with Crippen molar-refractivity contribution in [1.82, 2.24) is 14.9 Å². The van der Waals surface area contributed by atoms with Crippen LogP contribution in [0.1, 0.15) is 37.8 Å². The number of halogens is 3. The van der Waals surface area contributed by atoms with Crippen molar-refractivity contribution in [3.63, 3.8) is 0 Å². The monoisotopic (exact) mass is 479 g/mol. The van der Waals surface area contributed by atoms with Crippen molar-refractivity contribution in [2.24, 2.45) is 0 Å². The van der Waals surface area contributed by atoms with Crippen LogP contribution in [0.2, 0.25) is 5.02 Å². The Bertz CT molecular complexity index is 1260. The summed E-state index contributed by atoms with van der Waals surface area (Å²) in [5.74, 6) is -4.63. The van der Waals surface area contributed by atoms with E-state index in [0.29, 0.717) is 35.1 Å². The number of nitrogen functional groups attached to an aromatic ring is 1. The number of amides is 2. The van der Waals surface area contributed by atoms with E-state index in [1.54, 1.807) is 4.57 Å². The highest BCUT2D eigenvalue weighted by atomic mass is 35.5. The van der Waals surface area contributed by atoms with Gasteiger partial charge in [0.25, 0.3) is 17.6 Å². The molecule has 0 saturated carbocycles. The Kier molecular flexibility index (Phi) is 5.94. The molecule has 0 aliphatic carbocycles. The number of ketones is 1. The quantitative estimate of drug-likeness (QED) is 0.370. The zero-order valence-electron chi connectivity index (χ0n) is 16.4. The van der Waals surface area contributed by atoms with Gasteiger partial charge in [-0.1, -0.05) is 11.6 Å². The maximum absolute atomic E-state index is 13.5. The first-order valence-electron chi connectivity index (χ1n) is 9.46. The molecular weight excluding hydrogens is 464 g/mol. The molecule has 0 unspecified atom stereocenters. The fourth-order valence-electron chi connectivity index (χ4n) is 3.52. The second kappa shape index (κ2) is 8.67. The lowest BCUT2D eigenvalue weighted by Crippen LogP contribution is -2.31. The number of nitrogens with two attached hydrogens (primary N) is 1. The third-order valence-electron chi connectivity index (χ3n) is 4.93. The molecule has 1 aromatic carbocycles. The molecule has 4 N–H and O–H groups in total. The lowest BCUT2D eigenvalue weighted by atomic mass is 10.1. The number of anilines is 2. The van der Waals surface area contributed by atoms with Gasteiger partial charge >= 0.3 is 0 Å². The van der Waals surface area contributed by atoms with Crippen molar-refractivity contribution in [3.05, 3.63) is 62.9 Å². The molecule has 0 saturated heterocycles. The van der Waals surface area contributed by atoms with Crippen LogP contribution < -0.4 is 16.4 Å². The fourth-order valence-corrected chi connectivity index (χ4v) is 4.53. The molecule has 0 atom stereocenters. The number of Topliss-reactive ketones (excluding diaryl/α,β-unsaturated/α-hetero) is 1. The number of hydrogen-bond donors (Lipinski definition) is 3. The summed E-state index contributed by atoms with van der Waals surface area (Å²) in [6, 6.07) is 2.92. The Labute approximate surface area is 189 Å². The van der Waals surface area contributed by atoms with Crippen LogP contribution >= 0.6 is 22.9 Å². The van der Waals surface area contributed by atoms with Crippen molar-refractivity contribution >= 4 is 51.4 Å². The van der Waals surface area contributed by atoms with Crippen LogP contribution in [-0.4, -0.2) is 27.1 Å². The van der Waals surface area contributed by atoms with Crippen LogP contribution in [0.5, 0.6) is 0 Å². The molecule has 0 spiro atoms. The second-order valence-electron chi connectivity index (χ2n) is 7.00. The maximum atomic E-state index is 13.5. The van der Waals surface area contributed by atoms with Crippen molar-refractivity contribution in [2.75, 3.05) is 11.1 Å². The molecule has 32 heavy (non-hydrogen) atoms. The molecule has 1 aliphatic rings. The number of benzene rings is 1. The number of aromatic nitrogens is 2. The van der Waals surface area contributed by atoms with Gasteiger partial charge in [0.2, 0.25) is 0 Å². The molecule has 0 radical (unpaired) electrons. The molecule has 8 nitrogen and oxygen atoms in total. The number of nitrogens with zero attached hydrogens (tertiary/aromatic N) is 2. The average Bonchev–Trinajstić information content (AvgIpc) is 3.44. The zero-order valence-corrected chi connectivity index (χ0v) is 17.9. The van der Waals surface area contributed by atoms with Gasteiger partial charge in [-0.25, -0.2) is 13.8 Å². The highest BCUT2D eigenvalue weighted by Crippen LogP contribution is 2.34. The van der Waals surface area contributed by atoms with Crippen LogP contribution in [-0.2, 0) is 24.3 Å². The summed E-state index contributed by atoms with van der Waals surface area (Å²) in [7, 11) is 0. The number of fused-ring (bicyclic) bond motifs is 1. The smallest absolute Gasteiger partial charge is 0.294 e. The molecule has 2 amide bonds. The summed E-state index contributed by atoms with van der Waals surface area (Å²) < 4.78 is 28.2. The molecule has 0 bridgehead atoms. The van der Waals surface area contributed by atoms with E-state index in [1.807, 2.05) is 0 Å². The Morgan fingerprint density at radius 2 is 2.03 bits per heavy atom. The topological polar surface area (TPSA) is 119 Å².